The molecule has 1 N–H and O–H groups in total. The summed E-state index contributed by atoms with van der Waals surface area (Å²) in [5.74, 6) is -1.37. The fourth-order valence-corrected chi connectivity index (χ4v) is 4.24. The van der Waals surface area contributed by atoms with E-state index in [9.17, 15) is 14.7 Å². The van der Waals surface area contributed by atoms with Gasteiger partial charge >= 0.3 is 11.9 Å². The van der Waals surface area contributed by atoms with Gasteiger partial charge in [-0.05, 0) is 38.5 Å². The topological polar surface area (TPSA) is 63.6 Å². The molecule has 0 amide bonds. The molecular formula is C30H56O4. The van der Waals surface area contributed by atoms with Gasteiger partial charge in [-0.3, -0.25) is 4.79 Å². The summed E-state index contributed by atoms with van der Waals surface area (Å²) in [6, 6.07) is 0. The molecule has 0 aromatic heterocycles. The summed E-state index contributed by atoms with van der Waals surface area (Å²) in [5, 5.41) is 9.38. The lowest BCUT2D eigenvalue weighted by Gasteiger charge is -2.13. The van der Waals surface area contributed by atoms with Gasteiger partial charge in [-0.15, -0.1) is 0 Å². The Hall–Kier alpha value is -1.32. The molecule has 34 heavy (non-hydrogen) atoms. The SMILES string of the molecule is CCCC/C=C\CCCCCCCC(=O)OC(CCCCCCCCCCCCCC)C(=O)O. The van der Waals surface area contributed by atoms with Crippen LogP contribution in [0.5, 0.6) is 0 Å². The maximum atomic E-state index is 12.0. The normalized spacial score (nSPS) is 12.3. The van der Waals surface area contributed by atoms with Gasteiger partial charge in [0.2, 0.25) is 0 Å². The van der Waals surface area contributed by atoms with Gasteiger partial charge in [0.05, 0.1) is 0 Å². The lowest BCUT2D eigenvalue weighted by Crippen LogP contribution is -2.27. The summed E-state index contributed by atoms with van der Waals surface area (Å²) >= 11 is 0. The number of aliphatic carboxylic acids is 1. The molecule has 0 aliphatic rings. The van der Waals surface area contributed by atoms with Crippen molar-refractivity contribution in [3.8, 4) is 0 Å². The van der Waals surface area contributed by atoms with Crippen molar-refractivity contribution in [1.82, 2.24) is 0 Å². The van der Waals surface area contributed by atoms with Crippen LogP contribution in [0.15, 0.2) is 12.2 Å². The van der Waals surface area contributed by atoms with E-state index in [1.54, 1.807) is 0 Å². The number of carbonyl (C=O) groups excluding carboxylic acids is 1. The zero-order valence-corrected chi connectivity index (χ0v) is 22.7. The van der Waals surface area contributed by atoms with Crippen LogP contribution in [0.1, 0.15) is 162 Å². The first-order chi connectivity index (χ1) is 16.6. The molecule has 0 saturated carbocycles. The maximum Gasteiger partial charge on any atom is 0.345 e. The van der Waals surface area contributed by atoms with Crippen molar-refractivity contribution in [3.05, 3.63) is 12.2 Å². The number of esters is 1. The Morgan fingerprint density at radius 3 is 1.59 bits per heavy atom. The summed E-state index contributed by atoms with van der Waals surface area (Å²) in [7, 11) is 0. The van der Waals surface area contributed by atoms with E-state index in [1.165, 1.54) is 89.9 Å². The van der Waals surface area contributed by atoms with Gasteiger partial charge in [-0.1, -0.05) is 129 Å². The molecule has 0 aliphatic heterocycles. The fraction of sp³-hybridized carbons (Fsp3) is 0.867. The Kier molecular flexibility index (Phi) is 25.3. The Morgan fingerprint density at radius 1 is 0.618 bits per heavy atom. The van der Waals surface area contributed by atoms with E-state index in [0.717, 1.165) is 44.9 Å². The largest absolute Gasteiger partial charge is 0.479 e. The van der Waals surface area contributed by atoms with Gasteiger partial charge in [-0.25, -0.2) is 4.79 Å². The quantitative estimate of drug-likeness (QED) is 0.0760. The Balaban J connectivity index is 3.62. The summed E-state index contributed by atoms with van der Waals surface area (Å²) in [6.45, 7) is 4.46. The number of hydrogen-bond donors (Lipinski definition) is 1. The van der Waals surface area contributed by atoms with E-state index < -0.39 is 12.1 Å². The first-order valence-electron chi connectivity index (χ1n) is 14.7. The molecule has 1 atom stereocenters. The Morgan fingerprint density at radius 2 is 1.06 bits per heavy atom. The third-order valence-corrected chi connectivity index (χ3v) is 6.51. The standard InChI is InChI=1S/C30H56O4/c1-3-5-7-9-11-13-15-17-18-20-22-24-26-28(30(32)33)34-29(31)27-25-23-21-19-16-14-12-10-8-6-4-2/h10,12,28H,3-9,11,13-27H2,1-2H3,(H,32,33)/b12-10-. The van der Waals surface area contributed by atoms with Crippen LogP contribution in [-0.2, 0) is 14.3 Å². The molecule has 1 unspecified atom stereocenters. The first-order valence-corrected chi connectivity index (χ1v) is 14.7. The van der Waals surface area contributed by atoms with Gasteiger partial charge in [0, 0.05) is 6.42 Å². The fourth-order valence-electron chi connectivity index (χ4n) is 4.24. The maximum absolute atomic E-state index is 12.0. The van der Waals surface area contributed by atoms with Crippen molar-refractivity contribution in [3.63, 3.8) is 0 Å². The average Bonchev–Trinajstić information content (AvgIpc) is 2.82. The van der Waals surface area contributed by atoms with E-state index >= 15 is 0 Å². The molecule has 0 aliphatic carbocycles. The van der Waals surface area contributed by atoms with E-state index in [2.05, 4.69) is 26.0 Å². The van der Waals surface area contributed by atoms with E-state index in [4.69, 9.17) is 4.74 Å². The molecule has 0 aromatic rings. The van der Waals surface area contributed by atoms with Crippen molar-refractivity contribution >= 4 is 11.9 Å². The van der Waals surface area contributed by atoms with Gasteiger partial charge in [-0.2, -0.15) is 0 Å². The number of carboxylic acids is 1. The molecule has 4 nitrogen and oxygen atoms in total. The smallest absolute Gasteiger partial charge is 0.345 e. The number of unbranched alkanes of at least 4 members (excludes halogenated alkanes) is 18. The van der Waals surface area contributed by atoms with Crippen LogP contribution < -0.4 is 0 Å². The highest BCUT2D eigenvalue weighted by Crippen LogP contribution is 2.15. The zero-order valence-electron chi connectivity index (χ0n) is 22.7. The lowest BCUT2D eigenvalue weighted by molar-refractivity contribution is -0.164. The summed E-state index contributed by atoms with van der Waals surface area (Å²) in [6.07, 6.45) is 29.4. The Labute approximate surface area is 211 Å². The minimum Gasteiger partial charge on any atom is -0.479 e. The molecule has 0 heterocycles. The highest BCUT2D eigenvalue weighted by atomic mass is 16.6. The molecule has 0 bridgehead atoms. The summed E-state index contributed by atoms with van der Waals surface area (Å²) in [5.41, 5.74) is 0. The van der Waals surface area contributed by atoms with Crippen LogP contribution >= 0.6 is 0 Å². The molecule has 0 radical (unpaired) electrons. The minimum atomic E-state index is -1.01. The van der Waals surface area contributed by atoms with Crippen LogP contribution in [0, 0.1) is 0 Å². The van der Waals surface area contributed by atoms with E-state index in [1.807, 2.05) is 0 Å². The number of hydrogen-bond acceptors (Lipinski definition) is 3. The van der Waals surface area contributed by atoms with Crippen LogP contribution in [0.25, 0.3) is 0 Å². The number of allylic oxidation sites excluding steroid dienone is 2. The number of carboxylic acid groups (broad SMARTS) is 1. The number of carbonyl (C=O) groups is 2. The molecular weight excluding hydrogens is 424 g/mol. The predicted molar refractivity (Wildman–Crippen MR) is 144 cm³/mol. The molecule has 0 aromatic carbocycles. The van der Waals surface area contributed by atoms with Crippen molar-refractivity contribution in [2.24, 2.45) is 0 Å². The molecule has 0 fully saturated rings. The molecule has 200 valence electrons. The second-order valence-electron chi connectivity index (χ2n) is 9.91. The van der Waals surface area contributed by atoms with Gasteiger partial charge in [0.15, 0.2) is 6.10 Å². The Bertz CT molecular complexity index is 486. The minimum absolute atomic E-state index is 0.332. The molecule has 0 rings (SSSR count). The third-order valence-electron chi connectivity index (χ3n) is 6.51. The van der Waals surface area contributed by atoms with Crippen LogP contribution in [0.3, 0.4) is 0 Å². The highest BCUT2D eigenvalue weighted by Gasteiger charge is 2.21. The van der Waals surface area contributed by atoms with Crippen molar-refractivity contribution < 1.29 is 19.4 Å². The van der Waals surface area contributed by atoms with E-state index in [-0.39, 0.29) is 5.97 Å². The molecule has 4 heteroatoms. The van der Waals surface area contributed by atoms with Crippen molar-refractivity contribution in [1.29, 1.82) is 0 Å². The predicted octanol–water partition coefficient (Wildman–Crippen LogP) is 9.55. The summed E-state index contributed by atoms with van der Waals surface area (Å²) in [4.78, 5) is 23.5. The first kappa shape index (κ1) is 32.7. The highest BCUT2D eigenvalue weighted by molar-refractivity contribution is 5.77. The second kappa shape index (κ2) is 26.3. The van der Waals surface area contributed by atoms with Gasteiger partial charge in [0.25, 0.3) is 0 Å². The van der Waals surface area contributed by atoms with Crippen molar-refractivity contribution in [2.75, 3.05) is 0 Å². The summed E-state index contributed by atoms with van der Waals surface area (Å²) < 4.78 is 5.26. The van der Waals surface area contributed by atoms with Crippen LogP contribution in [0.2, 0.25) is 0 Å². The lowest BCUT2D eigenvalue weighted by atomic mass is 10.0. The van der Waals surface area contributed by atoms with Gasteiger partial charge in [0.1, 0.15) is 0 Å². The average molecular weight is 481 g/mol. The monoisotopic (exact) mass is 480 g/mol. The van der Waals surface area contributed by atoms with Crippen molar-refractivity contribution in [2.45, 2.75) is 168 Å². The third kappa shape index (κ3) is 23.8. The van der Waals surface area contributed by atoms with Gasteiger partial charge < -0.3 is 9.84 Å². The zero-order chi connectivity index (χ0) is 25.1. The van der Waals surface area contributed by atoms with E-state index in [0.29, 0.717) is 12.8 Å². The second-order valence-corrected chi connectivity index (χ2v) is 9.91. The van der Waals surface area contributed by atoms with Crippen LogP contribution in [0.4, 0.5) is 0 Å². The number of ether oxygens (including phenoxy) is 1. The molecule has 0 saturated heterocycles. The van der Waals surface area contributed by atoms with Crippen LogP contribution in [-0.4, -0.2) is 23.1 Å². The number of rotatable bonds is 26. The molecule has 0 spiro atoms.